The molecule has 0 aliphatic rings. The molecule has 2 nitrogen and oxygen atoms in total. The molecule has 1 unspecified atom stereocenters. The van der Waals surface area contributed by atoms with Crippen molar-refractivity contribution >= 4 is 17.2 Å². The average molecular weight is 218 g/mol. The number of thiophene rings is 1. The monoisotopic (exact) mass is 218 g/mol. The molecule has 0 bridgehead atoms. The predicted molar refractivity (Wildman–Crippen MR) is 65.3 cm³/mol. The van der Waals surface area contributed by atoms with Crippen LogP contribution in [-0.4, -0.2) is 4.98 Å². The van der Waals surface area contributed by atoms with Crippen molar-refractivity contribution in [3.63, 3.8) is 0 Å². The lowest BCUT2D eigenvalue weighted by Crippen LogP contribution is -2.06. The zero-order valence-corrected chi connectivity index (χ0v) is 9.71. The minimum Gasteiger partial charge on any atom is -0.363 e. The molecule has 15 heavy (non-hydrogen) atoms. The highest BCUT2D eigenvalue weighted by molar-refractivity contribution is 7.10. The Kier molecular flexibility index (Phi) is 3.02. The minimum atomic E-state index is 0.319. The van der Waals surface area contributed by atoms with Crippen LogP contribution in [0.2, 0.25) is 0 Å². The molecule has 0 aliphatic carbocycles. The molecule has 0 radical (unpaired) electrons. The van der Waals surface area contributed by atoms with Crippen LogP contribution in [0.15, 0.2) is 35.7 Å². The van der Waals surface area contributed by atoms with E-state index in [1.165, 1.54) is 4.88 Å². The lowest BCUT2D eigenvalue weighted by Gasteiger charge is -2.12. The second-order valence-electron chi connectivity index (χ2n) is 3.55. The lowest BCUT2D eigenvalue weighted by atomic mass is 10.2. The third-order valence-electron chi connectivity index (χ3n) is 2.22. The molecule has 2 heterocycles. The molecular formula is C12H14N2S. The number of hydrogen-bond acceptors (Lipinski definition) is 3. The largest absolute Gasteiger partial charge is 0.363 e. The van der Waals surface area contributed by atoms with Crippen molar-refractivity contribution in [2.24, 2.45) is 0 Å². The molecule has 0 saturated carbocycles. The van der Waals surface area contributed by atoms with Crippen molar-refractivity contribution in [1.82, 2.24) is 4.98 Å². The molecule has 1 N–H and O–H groups in total. The summed E-state index contributed by atoms with van der Waals surface area (Å²) in [5.41, 5.74) is 1.04. The SMILES string of the molecule is Cc1cccc(NC(C)c2cccs2)n1. The molecule has 0 aliphatic heterocycles. The van der Waals surface area contributed by atoms with Crippen LogP contribution < -0.4 is 5.32 Å². The van der Waals surface area contributed by atoms with Crippen LogP contribution in [0.25, 0.3) is 0 Å². The molecule has 0 amide bonds. The van der Waals surface area contributed by atoms with Gasteiger partial charge in [-0.15, -0.1) is 11.3 Å². The van der Waals surface area contributed by atoms with Gasteiger partial charge in [0.05, 0.1) is 6.04 Å². The van der Waals surface area contributed by atoms with Gasteiger partial charge in [-0.1, -0.05) is 12.1 Å². The first-order valence-corrected chi connectivity index (χ1v) is 5.87. The summed E-state index contributed by atoms with van der Waals surface area (Å²) in [6.07, 6.45) is 0. The van der Waals surface area contributed by atoms with Gasteiger partial charge in [-0.3, -0.25) is 0 Å². The smallest absolute Gasteiger partial charge is 0.126 e. The zero-order chi connectivity index (χ0) is 10.7. The number of nitrogens with zero attached hydrogens (tertiary/aromatic N) is 1. The fourth-order valence-electron chi connectivity index (χ4n) is 1.45. The second-order valence-corrected chi connectivity index (χ2v) is 4.52. The van der Waals surface area contributed by atoms with Crippen LogP contribution in [0.4, 0.5) is 5.82 Å². The Morgan fingerprint density at radius 2 is 2.13 bits per heavy atom. The number of nitrogens with one attached hydrogen (secondary N) is 1. The average Bonchev–Trinajstić information content (AvgIpc) is 2.70. The topological polar surface area (TPSA) is 24.9 Å². The predicted octanol–water partition coefficient (Wildman–Crippen LogP) is 3.62. The van der Waals surface area contributed by atoms with Crippen molar-refractivity contribution in [3.05, 3.63) is 46.3 Å². The molecule has 0 spiro atoms. The number of anilines is 1. The molecule has 78 valence electrons. The third-order valence-corrected chi connectivity index (χ3v) is 3.28. The highest BCUT2D eigenvalue weighted by Gasteiger charge is 2.06. The molecular weight excluding hydrogens is 204 g/mol. The van der Waals surface area contributed by atoms with E-state index in [0.717, 1.165) is 11.5 Å². The summed E-state index contributed by atoms with van der Waals surface area (Å²) in [4.78, 5) is 5.75. The molecule has 0 aromatic carbocycles. The number of pyridine rings is 1. The van der Waals surface area contributed by atoms with Crippen LogP contribution in [0.3, 0.4) is 0 Å². The fraction of sp³-hybridized carbons (Fsp3) is 0.250. The van der Waals surface area contributed by atoms with E-state index in [2.05, 4.69) is 34.7 Å². The van der Waals surface area contributed by atoms with Crippen LogP contribution >= 0.6 is 11.3 Å². The first kappa shape index (κ1) is 10.2. The molecule has 0 fully saturated rings. The van der Waals surface area contributed by atoms with Crippen molar-refractivity contribution in [2.45, 2.75) is 19.9 Å². The maximum atomic E-state index is 4.42. The number of hydrogen-bond donors (Lipinski definition) is 1. The molecule has 2 aromatic rings. The Labute approximate surface area is 94.0 Å². The first-order chi connectivity index (χ1) is 7.25. The van der Waals surface area contributed by atoms with Gasteiger partial charge in [-0.25, -0.2) is 4.98 Å². The van der Waals surface area contributed by atoms with Gasteiger partial charge in [0.2, 0.25) is 0 Å². The summed E-state index contributed by atoms with van der Waals surface area (Å²) < 4.78 is 0. The molecule has 0 saturated heterocycles. The summed E-state index contributed by atoms with van der Waals surface area (Å²) in [7, 11) is 0. The highest BCUT2D eigenvalue weighted by atomic mass is 32.1. The quantitative estimate of drug-likeness (QED) is 0.851. The van der Waals surface area contributed by atoms with E-state index in [-0.39, 0.29) is 0 Å². The molecule has 3 heteroatoms. The van der Waals surface area contributed by atoms with Crippen LogP contribution in [0.1, 0.15) is 23.5 Å². The van der Waals surface area contributed by atoms with Gasteiger partial charge in [-0.2, -0.15) is 0 Å². The van der Waals surface area contributed by atoms with Gasteiger partial charge in [0.25, 0.3) is 0 Å². The minimum absolute atomic E-state index is 0.319. The van der Waals surface area contributed by atoms with Crippen molar-refractivity contribution in [1.29, 1.82) is 0 Å². The number of aryl methyl sites for hydroxylation is 1. The Bertz CT molecular complexity index is 423. The molecule has 2 aromatic heterocycles. The standard InChI is InChI=1S/C12H14N2S/c1-9-5-3-7-12(13-9)14-10(2)11-6-4-8-15-11/h3-8,10H,1-2H3,(H,13,14). The van der Waals surface area contributed by atoms with Gasteiger partial charge >= 0.3 is 0 Å². The van der Waals surface area contributed by atoms with Crippen LogP contribution in [0, 0.1) is 6.92 Å². The summed E-state index contributed by atoms with van der Waals surface area (Å²) in [6, 6.07) is 10.5. The normalized spacial score (nSPS) is 12.4. The summed E-state index contributed by atoms with van der Waals surface area (Å²) in [6.45, 7) is 4.15. The van der Waals surface area contributed by atoms with E-state index in [4.69, 9.17) is 0 Å². The van der Waals surface area contributed by atoms with Crippen LogP contribution in [0.5, 0.6) is 0 Å². The van der Waals surface area contributed by atoms with Gasteiger partial charge < -0.3 is 5.32 Å². The highest BCUT2D eigenvalue weighted by Crippen LogP contribution is 2.21. The van der Waals surface area contributed by atoms with E-state index in [0.29, 0.717) is 6.04 Å². The molecule has 2 rings (SSSR count). The third kappa shape index (κ3) is 2.57. The maximum absolute atomic E-state index is 4.42. The first-order valence-electron chi connectivity index (χ1n) is 4.99. The number of rotatable bonds is 3. The summed E-state index contributed by atoms with van der Waals surface area (Å²) in [5.74, 6) is 0.941. The van der Waals surface area contributed by atoms with E-state index in [1.54, 1.807) is 11.3 Å². The summed E-state index contributed by atoms with van der Waals surface area (Å²) >= 11 is 1.76. The van der Waals surface area contributed by atoms with E-state index >= 15 is 0 Å². The Hall–Kier alpha value is -1.35. The van der Waals surface area contributed by atoms with Crippen LogP contribution in [-0.2, 0) is 0 Å². The summed E-state index contributed by atoms with van der Waals surface area (Å²) in [5, 5.41) is 5.48. The van der Waals surface area contributed by atoms with E-state index in [9.17, 15) is 0 Å². The number of aromatic nitrogens is 1. The van der Waals surface area contributed by atoms with E-state index < -0.39 is 0 Å². The van der Waals surface area contributed by atoms with Crippen molar-refractivity contribution in [3.8, 4) is 0 Å². The molecule has 1 atom stereocenters. The maximum Gasteiger partial charge on any atom is 0.126 e. The van der Waals surface area contributed by atoms with Gasteiger partial charge in [0.1, 0.15) is 5.82 Å². The second kappa shape index (κ2) is 4.45. The van der Waals surface area contributed by atoms with Crippen molar-refractivity contribution < 1.29 is 0 Å². The Morgan fingerprint density at radius 3 is 2.80 bits per heavy atom. The Morgan fingerprint density at radius 1 is 1.27 bits per heavy atom. The van der Waals surface area contributed by atoms with Gasteiger partial charge in [-0.05, 0) is 37.4 Å². The van der Waals surface area contributed by atoms with E-state index in [1.807, 2.05) is 25.1 Å². The zero-order valence-electron chi connectivity index (χ0n) is 8.90. The van der Waals surface area contributed by atoms with Crippen molar-refractivity contribution in [2.75, 3.05) is 5.32 Å². The van der Waals surface area contributed by atoms with Gasteiger partial charge in [0, 0.05) is 10.6 Å². The lowest BCUT2D eigenvalue weighted by molar-refractivity contribution is 0.894. The fourth-order valence-corrected chi connectivity index (χ4v) is 2.19. The van der Waals surface area contributed by atoms with Gasteiger partial charge in [0.15, 0.2) is 0 Å². The Balaban J connectivity index is 2.09.